The van der Waals surface area contributed by atoms with E-state index in [4.69, 9.17) is 25.8 Å². The molecule has 1 heterocycles. The van der Waals surface area contributed by atoms with Gasteiger partial charge in [0.1, 0.15) is 22.8 Å². The molecule has 0 aliphatic carbocycles. The van der Waals surface area contributed by atoms with Crippen LogP contribution in [0.1, 0.15) is 5.56 Å². The van der Waals surface area contributed by atoms with Gasteiger partial charge in [0.25, 0.3) is 17.7 Å². The SMILES string of the molecule is COc1ccc(N2C(=O)NC(=O)/C(=C\c3ccc(OCC(=O)Nc4ccccc4OC)c(Cl)c3)C2=O)cc1. The predicted molar refractivity (Wildman–Crippen MR) is 141 cm³/mol. The van der Waals surface area contributed by atoms with Crippen LogP contribution in [0.2, 0.25) is 5.02 Å². The average Bonchev–Trinajstić information content (AvgIpc) is 2.91. The molecule has 0 atom stereocenters. The van der Waals surface area contributed by atoms with Gasteiger partial charge in [0.15, 0.2) is 6.61 Å². The number of benzene rings is 3. The zero-order chi connectivity index (χ0) is 27.2. The summed E-state index contributed by atoms with van der Waals surface area (Å²) in [7, 11) is 2.99. The third-order valence-corrected chi connectivity index (χ3v) is 5.73. The number of carbonyl (C=O) groups is 4. The highest BCUT2D eigenvalue weighted by atomic mass is 35.5. The number of halogens is 1. The minimum absolute atomic E-state index is 0.149. The molecule has 0 aromatic heterocycles. The van der Waals surface area contributed by atoms with E-state index in [0.29, 0.717) is 22.7 Å². The summed E-state index contributed by atoms with van der Waals surface area (Å²) >= 11 is 6.32. The number of ether oxygens (including phenoxy) is 3. The Morgan fingerprint density at radius 1 is 0.974 bits per heavy atom. The van der Waals surface area contributed by atoms with Crippen molar-refractivity contribution in [3.63, 3.8) is 0 Å². The lowest BCUT2D eigenvalue weighted by Gasteiger charge is -2.26. The van der Waals surface area contributed by atoms with Crippen molar-refractivity contribution >= 4 is 52.8 Å². The van der Waals surface area contributed by atoms with E-state index in [1.165, 1.54) is 44.6 Å². The summed E-state index contributed by atoms with van der Waals surface area (Å²) in [6, 6.07) is 16.8. The molecule has 10 nitrogen and oxygen atoms in total. The van der Waals surface area contributed by atoms with Crippen LogP contribution in [0.15, 0.2) is 72.3 Å². The first-order valence-electron chi connectivity index (χ1n) is 11.2. The van der Waals surface area contributed by atoms with Gasteiger partial charge in [-0.05, 0) is 60.2 Å². The van der Waals surface area contributed by atoms with E-state index in [2.05, 4.69) is 10.6 Å². The number of hydrogen-bond donors (Lipinski definition) is 2. The second kappa shape index (κ2) is 11.5. The summed E-state index contributed by atoms with van der Waals surface area (Å²) in [5, 5.41) is 5.00. The van der Waals surface area contributed by atoms with Crippen molar-refractivity contribution in [3.8, 4) is 17.2 Å². The molecule has 2 N–H and O–H groups in total. The Morgan fingerprint density at radius 3 is 2.39 bits per heavy atom. The first-order chi connectivity index (χ1) is 18.3. The van der Waals surface area contributed by atoms with Crippen LogP contribution in [0.25, 0.3) is 6.08 Å². The van der Waals surface area contributed by atoms with Gasteiger partial charge in [-0.3, -0.25) is 19.7 Å². The lowest BCUT2D eigenvalue weighted by Crippen LogP contribution is -2.54. The third kappa shape index (κ3) is 5.76. The highest BCUT2D eigenvalue weighted by Gasteiger charge is 2.36. The Hall–Kier alpha value is -4.83. The van der Waals surface area contributed by atoms with E-state index in [0.717, 1.165) is 4.90 Å². The van der Waals surface area contributed by atoms with Crippen molar-refractivity contribution in [3.05, 3.63) is 82.9 Å². The van der Waals surface area contributed by atoms with E-state index < -0.39 is 23.8 Å². The van der Waals surface area contributed by atoms with Gasteiger partial charge in [-0.15, -0.1) is 0 Å². The van der Waals surface area contributed by atoms with E-state index in [1.807, 2.05) is 0 Å². The highest BCUT2D eigenvalue weighted by molar-refractivity contribution is 6.39. The molecule has 3 aromatic rings. The number of urea groups is 1. The zero-order valence-electron chi connectivity index (χ0n) is 20.3. The van der Waals surface area contributed by atoms with E-state index in [1.54, 1.807) is 42.5 Å². The van der Waals surface area contributed by atoms with Crippen molar-refractivity contribution in [2.24, 2.45) is 0 Å². The minimum Gasteiger partial charge on any atom is -0.497 e. The Balaban J connectivity index is 1.47. The Bertz CT molecular complexity index is 1440. The van der Waals surface area contributed by atoms with Gasteiger partial charge in [0.05, 0.1) is 30.6 Å². The number of imide groups is 2. The van der Waals surface area contributed by atoms with E-state index in [-0.39, 0.29) is 28.6 Å². The zero-order valence-corrected chi connectivity index (χ0v) is 21.1. The van der Waals surface area contributed by atoms with E-state index >= 15 is 0 Å². The number of amides is 5. The fourth-order valence-corrected chi connectivity index (χ4v) is 3.83. The molecule has 1 fully saturated rings. The van der Waals surface area contributed by atoms with Gasteiger partial charge in [-0.25, -0.2) is 9.69 Å². The summed E-state index contributed by atoms with van der Waals surface area (Å²) < 4.78 is 15.8. The Kier molecular flexibility index (Phi) is 7.93. The number of nitrogens with one attached hydrogen (secondary N) is 2. The first-order valence-corrected chi connectivity index (χ1v) is 11.6. The smallest absolute Gasteiger partial charge is 0.335 e. The molecule has 0 radical (unpaired) electrons. The van der Waals surface area contributed by atoms with Crippen molar-refractivity contribution in [2.75, 3.05) is 31.0 Å². The topological polar surface area (TPSA) is 123 Å². The molecule has 0 bridgehead atoms. The van der Waals surface area contributed by atoms with Crippen LogP contribution in [0, 0.1) is 0 Å². The van der Waals surface area contributed by atoms with Crippen molar-refractivity contribution < 1.29 is 33.4 Å². The summed E-state index contributed by atoms with van der Waals surface area (Å²) in [4.78, 5) is 51.1. The molecule has 1 saturated heterocycles. The molecule has 194 valence electrons. The minimum atomic E-state index is -0.865. The number of hydrogen-bond acceptors (Lipinski definition) is 7. The van der Waals surface area contributed by atoms with Gasteiger partial charge in [-0.1, -0.05) is 29.8 Å². The van der Waals surface area contributed by atoms with Crippen LogP contribution in [-0.2, 0) is 14.4 Å². The van der Waals surface area contributed by atoms with Gasteiger partial charge < -0.3 is 19.5 Å². The maximum Gasteiger partial charge on any atom is 0.335 e. The van der Waals surface area contributed by atoms with Crippen LogP contribution in [0.3, 0.4) is 0 Å². The molecular weight excluding hydrogens is 514 g/mol. The molecule has 0 unspecified atom stereocenters. The molecule has 3 aromatic carbocycles. The maximum absolute atomic E-state index is 13.1. The van der Waals surface area contributed by atoms with Crippen molar-refractivity contribution in [2.45, 2.75) is 0 Å². The predicted octanol–water partition coefficient (Wildman–Crippen LogP) is 4.04. The number of rotatable bonds is 8. The maximum atomic E-state index is 13.1. The summed E-state index contributed by atoms with van der Waals surface area (Å²) in [5.41, 5.74) is 0.902. The van der Waals surface area contributed by atoms with Crippen LogP contribution in [0.5, 0.6) is 17.2 Å². The lowest BCUT2D eigenvalue weighted by atomic mass is 10.1. The van der Waals surface area contributed by atoms with Gasteiger partial charge in [-0.2, -0.15) is 0 Å². The molecule has 4 rings (SSSR count). The number of para-hydroxylation sites is 2. The molecule has 5 amide bonds. The van der Waals surface area contributed by atoms with Gasteiger partial charge in [0.2, 0.25) is 0 Å². The van der Waals surface area contributed by atoms with Crippen molar-refractivity contribution in [1.82, 2.24) is 5.32 Å². The Morgan fingerprint density at radius 2 is 1.71 bits per heavy atom. The monoisotopic (exact) mass is 535 g/mol. The number of nitrogens with zero attached hydrogens (tertiary/aromatic N) is 1. The number of carbonyl (C=O) groups excluding carboxylic acids is 4. The normalized spacial score (nSPS) is 14.2. The molecular formula is C27H22ClN3O7. The average molecular weight is 536 g/mol. The second-order valence-electron chi connectivity index (χ2n) is 7.88. The van der Waals surface area contributed by atoms with Crippen LogP contribution in [0.4, 0.5) is 16.2 Å². The molecule has 1 aliphatic rings. The number of barbiturate groups is 1. The second-order valence-corrected chi connectivity index (χ2v) is 8.29. The van der Waals surface area contributed by atoms with Gasteiger partial charge >= 0.3 is 6.03 Å². The summed E-state index contributed by atoms with van der Waals surface area (Å²) in [6.45, 7) is -0.321. The number of methoxy groups -OCH3 is 2. The summed E-state index contributed by atoms with van der Waals surface area (Å²) in [5.74, 6) is -0.796. The third-order valence-electron chi connectivity index (χ3n) is 5.44. The lowest BCUT2D eigenvalue weighted by molar-refractivity contribution is -0.122. The molecule has 1 aliphatic heterocycles. The Labute approximate surface area is 222 Å². The molecule has 0 spiro atoms. The molecule has 11 heteroatoms. The van der Waals surface area contributed by atoms with Crippen LogP contribution in [-0.4, -0.2) is 44.6 Å². The number of anilines is 2. The van der Waals surface area contributed by atoms with Crippen LogP contribution >= 0.6 is 11.6 Å². The van der Waals surface area contributed by atoms with Crippen molar-refractivity contribution in [1.29, 1.82) is 0 Å². The fraction of sp³-hybridized carbons (Fsp3) is 0.111. The standard InChI is InChI=1S/C27H22ClN3O7/c1-36-18-10-8-17(9-11-18)31-26(34)19(25(33)30-27(31)35)13-16-7-12-22(20(28)14-16)38-15-24(32)29-21-5-3-4-6-23(21)37-2/h3-14H,15H2,1-2H3,(H,29,32)(H,30,33,35)/b19-13+. The first kappa shape index (κ1) is 26.2. The fourth-order valence-electron chi connectivity index (χ4n) is 3.59. The largest absolute Gasteiger partial charge is 0.497 e. The quantitative estimate of drug-likeness (QED) is 0.329. The highest BCUT2D eigenvalue weighted by Crippen LogP contribution is 2.29. The van der Waals surface area contributed by atoms with Gasteiger partial charge in [0, 0.05) is 0 Å². The van der Waals surface area contributed by atoms with E-state index in [9.17, 15) is 19.2 Å². The molecule has 38 heavy (non-hydrogen) atoms. The molecule has 0 saturated carbocycles. The van der Waals surface area contributed by atoms with Crippen LogP contribution < -0.4 is 29.7 Å². The summed E-state index contributed by atoms with van der Waals surface area (Å²) in [6.07, 6.45) is 1.31.